The summed E-state index contributed by atoms with van der Waals surface area (Å²) >= 11 is 5.82. The highest BCUT2D eigenvalue weighted by Gasteiger charge is 2.55. The zero-order valence-corrected chi connectivity index (χ0v) is 18.6. The molecule has 13 heteroatoms. The van der Waals surface area contributed by atoms with E-state index in [1.807, 2.05) is 0 Å². The van der Waals surface area contributed by atoms with E-state index in [2.05, 4.69) is 20.5 Å². The second kappa shape index (κ2) is 8.37. The fraction of sp³-hybridized carbons (Fsp3) is 0.238. The molecular weight excluding hydrogens is 471 g/mol. The molecule has 1 saturated heterocycles. The van der Waals surface area contributed by atoms with E-state index < -0.39 is 29.7 Å². The third kappa shape index (κ3) is 3.52. The van der Waals surface area contributed by atoms with E-state index in [0.717, 1.165) is 11.0 Å². The van der Waals surface area contributed by atoms with Crippen molar-refractivity contribution in [2.24, 2.45) is 10.3 Å². The van der Waals surface area contributed by atoms with Crippen LogP contribution in [-0.2, 0) is 16.1 Å². The largest absolute Gasteiger partial charge is 0.497 e. The smallest absolute Gasteiger partial charge is 0.263 e. The summed E-state index contributed by atoms with van der Waals surface area (Å²) in [7, 11) is 3.05. The Kier molecular flexibility index (Phi) is 5.36. The van der Waals surface area contributed by atoms with E-state index in [4.69, 9.17) is 25.6 Å². The lowest BCUT2D eigenvalue weighted by atomic mass is 10.1. The number of methoxy groups -OCH3 is 2. The molecule has 0 spiro atoms. The second-order valence-corrected chi connectivity index (χ2v) is 7.79. The van der Waals surface area contributed by atoms with Crippen molar-refractivity contribution in [3.8, 4) is 22.9 Å². The van der Waals surface area contributed by atoms with Gasteiger partial charge in [0.25, 0.3) is 11.8 Å². The van der Waals surface area contributed by atoms with E-state index in [1.54, 1.807) is 25.3 Å². The maximum atomic E-state index is 13.5. The van der Waals surface area contributed by atoms with Gasteiger partial charge in [0, 0.05) is 6.07 Å². The van der Waals surface area contributed by atoms with Crippen molar-refractivity contribution >= 4 is 29.1 Å². The summed E-state index contributed by atoms with van der Waals surface area (Å²) in [5.41, 5.74) is 0.725. The first-order valence-corrected chi connectivity index (χ1v) is 10.3. The molecule has 2 aromatic carbocycles. The minimum atomic E-state index is -1.04. The molecule has 2 aliphatic rings. The molecule has 0 radical (unpaired) electrons. The standard InChI is InChI=1S/C21H16ClFN6O5/c1-32-11-4-5-12(15(8-11)33-2)19-24-16(34-26-19)9-28-18-17(25-27-28)20(30)29(21(18)31)10-3-6-14(23)13(22)7-10/h3-8,17-18H,9H2,1-2H3/t17-,18+/m0/s1. The Labute approximate surface area is 196 Å². The summed E-state index contributed by atoms with van der Waals surface area (Å²) < 4.78 is 29.4. The molecule has 11 nitrogen and oxygen atoms in total. The first kappa shape index (κ1) is 21.8. The Hall–Kier alpha value is -4.06. The molecule has 2 aliphatic heterocycles. The van der Waals surface area contributed by atoms with Gasteiger partial charge in [-0.3, -0.25) is 14.6 Å². The number of hydrogen-bond acceptors (Lipinski definition) is 10. The van der Waals surface area contributed by atoms with Gasteiger partial charge >= 0.3 is 0 Å². The minimum Gasteiger partial charge on any atom is -0.497 e. The van der Waals surface area contributed by atoms with Crippen LogP contribution in [-0.4, -0.2) is 53.3 Å². The molecule has 34 heavy (non-hydrogen) atoms. The van der Waals surface area contributed by atoms with Gasteiger partial charge < -0.3 is 14.0 Å². The molecule has 0 aliphatic carbocycles. The topological polar surface area (TPSA) is 123 Å². The third-order valence-electron chi connectivity index (χ3n) is 5.43. The Balaban J connectivity index is 1.37. The molecule has 0 bridgehead atoms. The number of rotatable bonds is 6. The summed E-state index contributed by atoms with van der Waals surface area (Å²) in [6.07, 6.45) is 0. The number of fused-ring (bicyclic) bond motifs is 1. The quantitative estimate of drug-likeness (QED) is 0.487. The van der Waals surface area contributed by atoms with Gasteiger partial charge in [-0.15, -0.1) is 0 Å². The molecule has 2 amide bonds. The average Bonchev–Trinajstić information content (AvgIpc) is 3.53. The number of imide groups is 1. The number of anilines is 1. The van der Waals surface area contributed by atoms with Crippen molar-refractivity contribution in [3.05, 3.63) is 53.1 Å². The second-order valence-electron chi connectivity index (χ2n) is 7.38. The van der Waals surface area contributed by atoms with Crippen LogP contribution in [0, 0.1) is 5.82 Å². The third-order valence-corrected chi connectivity index (χ3v) is 5.72. The molecule has 3 aromatic rings. The highest BCUT2D eigenvalue weighted by molar-refractivity contribution is 6.32. The number of hydrogen-bond donors (Lipinski definition) is 0. The number of amides is 2. The van der Waals surface area contributed by atoms with Crippen LogP contribution in [0.15, 0.2) is 51.3 Å². The molecule has 5 rings (SSSR count). The highest BCUT2D eigenvalue weighted by atomic mass is 35.5. The number of aromatic nitrogens is 2. The molecule has 2 atom stereocenters. The number of nitrogens with zero attached hydrogens (tertiary/aromatic N) is 6. The van der Waals surface area contributed by atoms with Crippen LogP contribution in [0.4, 0.5) is 10.1 Å². The first-order chi connectivity index (χ1) is 16.4. The van der Waals surface area contributed by atoms with Crippen molar-refractivity contribution < 1.29 is 28.0 Å². The van der Waals surface area contributed by atoms with Crippen LogP contribution in [0.5, 0.6) is 11.5 Å². The number of carbonyl (C=O) groups excluding carboxylic acids is 2. The van der Waals surface area contributed by atoms with Crippen molar-refractivity contribution in [1.29, 1.82) is 0 Å². The van der Waals surface area contributed by atoms with Crippen molar-refractivity contribution in [2.45, 2.75) is 18.6 Å². The minimum absolute atomic E-state index is 0.0623. The average molecular weight is 487 g/mol. The van der Waals surface area contributed by atoms with E-state index in [9.17, 15) is 14.0 Å². The van der Waals surface area contributed by atoms with Gasteiger partial charge in [-0.1, -0.05) is 22.0 Å². The van der Waals surface area contributed by atoms with Crippen LogP contribution in [0.3, 0.4) is 0 Å². The van der Waals surface area contributed by atoms with Gasteiger partial charge in [-0.25, -0.2) is 9.29 Å². The lowest BCUT2D eigenvalue weighted by Crippen LogP contribution is -2.39. The van der Waals surface area contributed by atoms with Gasteiger partial charge in [0.1, 0.15) is 23.9 Å². The van der Waals surface area contributed by atoms with E-state index >= 15 is 0 Å². The van der Waals surface area contributed by atoms with Crippen LogP contribution in [0.2, 0.25) is 5.02 Å². The van der Waals surface area contributed by atoms with Gasteiger partial charge in [0.15, 0.2) is 12.1 Å². The predicted molar refractivity (Wildman–Crippen MR) is 115 cm³/mol. The summed E-state index contributed by atoms with van der Waals surface area (Å²) in [6, 6.07) is 6.69. The zero-order chi connectivity index (χ0) is 24.0. The molecule has 174 valence electrons. The van der Waals surface area contributed by atoms with Gasteiger partial charge in [0.05, 0.1) is 30.5 Å². The molecule has 0 N–H and O–H groups in total. The van der Waals surface area contributed by atoms with Crippen LogP contribution >= 0.6 is 11.6 Å². The SMILES string of the molecule is COc1ccc(-c2noc(CN3N=N[C@@H]4C(=O)N(c5ccc(F)c(Cl)c5)C(=O)[C@@H]43)n2)c(OC)c1. The first-order valence-electron chi connectivity index (χ1n) is 9.96. The lowest BCUT2D eigenvalue weighted by Gasteiger charge is -2.19. The van der Waals surface area contributed by atoms with Crippen molar-refractivity contribution in [2.75, 3.05) is 19.1 Å². The zero-order valence-electron chi connectivity index (χ0n) is 17.8. The summed E-state index contributed by atoms with van der Waals surface area (Å²) in [6.45, 7) is -0.0623. The lowest BCUT2D eigenvalue weighted by molar-refractivity contribution is -0.123. The fourth-order valence-corrected chi connectivity index (χ4v) is 3.96. The summed E-state index contributed by atoms with van der Waals surface area (Å²) in [5, 5.41) is 13.0. The van der Waals surface area contributed by atoms with Gasteiger partial charge in [-0.05, 0) is 30.3 Å². The van der Waals surface area contributed by atoms with Crippen LogP contribution in [0.1, 0.15) is 5.89 Å². The molecule has 1 aromatic heterocycles. The van der Waals surface area contributed by atoms with E-state index in [-0.39, 0.29) is 29.0 Å². The normalized spacial score (nSPS) is 19.2. The molecular formula is C21H16ClFN6O5. The number of benzene rings is 2. The van der Waals surface area contributed by atoms with Crippen molar-refractivity contribution in [1.82, 2.24) is 15.1 Å². The Morgan fingerprint density at radius 1 is 1.12 bits per heavy atom. The van der Waals surface area contributed by atoms with E-state index in [1.165, 1.54) is 24.3 Å². The number of ether oxygens (including phenoxy) is 2. The fourth-order valence-electron chi connectivity index (χ4n) is 3.78. The molecule has 0 saturated carbocycles. The van der Waals surface area contributed by atoms with Gasteiger partial charge in [0.2, 0.25) is 11.7 Å². The Morgan fingerprint density at radius 2 is 1.94 bits per heavy atom. The predicted octanol–water partition coefficient (Wildman–Crippen LogP) is 3.04. The number of halogens is 2. The highest BCUT2D eigenvalue weighted by Crippen LogP contribution is 2.35. The monoisotopic (exact) mass is 486 g/mol. The van der Waals surface area contributed by atoms with Crippen molar-refractivity contribution in [3.63, 3.8) is 0 Å². The van der Waals surface area contributed by atoms with Crippen LogP contribution < -0.4 is 14.4 Å². The van der Waals surface area contributed by atoms with Crippen LogP contribution in [0.25, 0.3) is 11.4 Å². The summed E-state index contributed by atoms with van der Waals surface area (Å²) in [5.74, 6) is -0.319. The van der Waals surface area contributed by atoms with Gasteiger partial charge in [-0.2, -0.15) is 10.1 Å². The maximum Gasteiger partial charge on any atom is 0.263 e. The summed E-state index contributed by atoms with van der Waals surface area (Å²) in [4.78, 5) is 31.2. The Morgan fingerprint density at radius 3 is 2.68 bits per heavy atom. The molecule has 0 unspecified atom stereocenters. The van der Waals surface area contributed by atoms with E-state index in [0.29, 0.717) is 17.1 Å². The molecule has 1 fully saturated rings. The maximum absolute atomic E-state index is 13.5. The molecule has 3 heterocycles. The number of carbonyl (C=O) groups is 2. The Bertz CT molecular complexity index is 1330.